The molecule has 0 saturated carbocycles. The van der Waals surface area contributed by atoms with Crippen molar-refractivity contribution in [2.45, 2.75) is 38.8 Å². The maximum Gasteiger partial charge on any atom is 0.191 e. The zero-order chi connectivity index (χ0) is 20.6. The van der Waals surface area contributed by atoms with Gasteiger partial charge in [0.05, 0.1) is 18.4 Å². The average Bonchev–Trinajstić information content (AvgIpc) is 3.15. The van der Waals surface area contributed by atoms with Gasteiger partial charge >= 0.3 is 0 Å². The van der Waals surface area contributed by atoms with Crippen LogP contribution in [0.3, 0.4) is 0 Å². The first-order valence-electron chi connectivity index (χ1n) is 10.2. The highest BCUT2D eigenvalue weighted by atomic mass is 19.1. The molecule has 0 aliphatic carbocycles. The molecule has 0 bridgehead atoms. The van der Waals surface area contributed by atoms with Crippen LogP contribution >= 0.6 is 0 Å². The minimum atomic E-state index is -0.355. The van der Waals surface area contributed by atoms with Gasteiger partial charge in [-0.2, -0.15) is 5.10 Å². The van der Waals surface area contributed by atoms with Crippen molar-refractivity contribution in [1.82, 2.24) is 20.4 Å². The molecule has 0 spiro atoms. The molecule has 2 heterocycles. The van der Waals surface area contributed by atoms with Crippen LogP contribution in [-0.4, -0.2) is 54.1 Å². The first-order valence-corrected chi connectivity index (χ1v) is 10.2. The molecule has 1 fully saturated rings. The molecule has 1 aliphatic rings. The maximum atomic E-state index is 13.8. The predicted molar refractivity (Wildman–Crippen MR) is 114 cm³/mol. The number of rotatable bonds is 7. The van der Waals surface area contributed by atoms with Crippen LogP contribution in [0.25, 0.3) is 0 Å². The number of ether oxygens (including phenoxy) is 1. The number of guanidine groups is 1. The molecule has 158 valence electrons. The van der Waals surface area contributed by atoms with Crippen molar-refractivity contribution in [2.24, 2.45) is 12.0 Å². The summed E-state index contributed by atoms with van der Waals surface area (Å²) >= 11 is 0. The Balaban J connectivity index is 1.56. The van der Waals surface area contributed by atoms with Crippen molar-refractivity contribution in [3.05, 3.63) is 42.5 Å². The molecule has 1 aromatic heterocycles. The van der Waals surface area contributed by atoms with Gasteiger partial charge in [0.25, 0.3) is 0 Å². The predicted octanol–water partition coefficient (Wildman–Crippen LogP) is 2.55. The monoisotopic (exact) mass is 402 g/mol. The fraction of sp³-hybridized carbons (Fsp3) is 0.524. The van der Waals surface area contributed by atoms with Gasteiger partial charge in [-0.25, -0.2) is 9.38 Å². The first-order chi connectivity index (χ1) is 14.0. The van der Waals surface area contributed by atoms with Crippen LogP contribution in [0, 0.1) is 5.82 Å². The Morgan fingerprint density at radius 3 is 2.97 bits per heavy atom. The molecule has 1 saturated heterocycles. The molecular weight excluding hydrogens is 371 g/mol. The number of aryl methyl sites for hydroxylation is 1. The topological polar surface area (TPSA) is 66.7 Å². The van der Waals surface area contributed by atoms with E-state index in [1.54, 1.807) is 18.2 Å². The van der Waals surface area contributed by atoms with Crippen LogP contribution in [0.5, 0.6) is 5.75 Å². The maximum absolute atomic E-state index is 13.8. The lowest BCUT2D eigenvalue weighted by Gasteiger charge is -2.34. The van der Waals surface area contributed by atoms with Crippen LogP contribution in [0.1, 0.15) is 26.7 Å². The molecular formula is C21H31FN6O. The minimum absolute atomic E-state index is 0.236. The molecule has 1 aromatic carbocycles. The Hall–Kier alpha value is -2.77. The van der Waals surface area contributed by atoms with E-state index in [1.165, 1.54) is 6.07 Å². The standard InChI is InChI=1S/C21H31FN6O/c1-4-23-21(24-12-16(2)29-20-10-6-5-9-19(20)22)26-17-8-7-11-28(14-17)18-13-25-27(3)15-18/h5-6,9-10,13,15-17H,4,7-8,11-12,14H2,1-3H3,(H2,23,24,26). The van der Waals surface area contributed by atoms with Crippen LogP contribution in [-0.2, 0) is 7.05 Å². The summed E-state index contributed by atoms with van der Waals surface area (Å²) in [5, 5.41) is 11.1. The van der Waals surface area contributed by atoms with E-state index in [9.17, 15) is 4.39 Å². The van der Waals surface area contributed by atoms with Gasteiger partial charge in [0.15, 0.2) is 17.5 Å². The molecule has 7 nitrogen and oxygen atoms in total. The lowest BCUT2D eigenvalue weighted by atomic mass is 10.1. The van der Waals surface area contributed by atoms with Crippen LogP contribution < -0.4 is 20.3 Å². The number of nitrogens with zero attached hydrogens (tertiary/aromatic N) is 4. The van der Waals surface area contributed by atoms with Crippen LogP contribution in [0.4, 0.5) is 10.1 Å². The Labute approximate surface area is 172 Å². The van der Waals surface area contributed by atoms with Crippen molar-refractivity contribution in [3.8, 4) is 5.75 Å². The number of hydrogen-bond donors (Lipinski definition) is 2. The van der Waals surface area contributed by atoms with Crippen LogP contribution in [0.2, 0.25) is 0 Å². The highest BCUT2D eigenvalue weighted by Gasteiger charge is 2.22. The van der Waals surface area contributed by atoms with E-state index < -0.39 is 0 Å². The Morgan fingerprint density at radius 1 is 1.41 bits per heavy atom. The third kappa shape index (κ3) is 6.10. The molecule has 2 N–H and O–H groups in total. The number of benzene rings is 1. The number of aromatic nitrogens is 2. The number of hydrogen-bond acceptors (Lipinski definition) is 4. The second-order valence-corrected chi connectivity index (χ2v) is 7.38. The van der Waals surface area contributed by atoms with Crippen molar-refractivity contribution in [1.29, 1.82) is 0 Å². The second-order valence-electron chi connectivity index (χ2n) is 7.38. The molecule has 0 amide bonds. The van der Waals surface area contributed by atoms with Crippen molar-refractivity contribution < 1.29 is 9.13 Å². The van der Waals surface area contributed by atoms with Crippen LogP contribution in [0.15, 0.2) is 41.7 Å². The normalized spacial score (nSPS) is 18.4. The third-order valence-electron chi connectivity index (χ3n) is 4.83. The number of aliphatic imine (C=N–C) groups is 1. The fourth-order valence-corrected chi connectivity index (χ4v) is 3.43. The first kappa shape index (κ1) is 21.0. The van der Waals surface area contributed by atoms with Gasteiger partial charge in [0.1, 0.15) is 6.10 Å². The molecule has 2 aromatic rings. The zero-order valence-electron chi connectivity index (χ0n) is 17.4. The smallest absolute Gasteiger partial charge is 0.191 e. The molecule has 29 heavy (non-hydrogen) atoms. The summed E-state index contributed by atoms with van der Waals surface area (Å²) in [6.07, 6.45) is 5.91. The number of halogens is 1. The molecule has 3 rings (SSSR count). The lowest BCUT2D eigenvalue weighted by molar-refractivity contribution is 0.220. The summed E-state index contributed by atoms with van der Waals surface area (Å²) in [5.74, 6) is 0.660. The third-order valence-corrected chi connectivity index (χ3v) is 4.83. The second kappa shape index (κ2) is 10.1. The quantitative estimate of drug-likeness (QED) is 0.550. The Kier molecular flexibility index (Phi) is 7.32. The SMILES string of the molecule is CCNC(=NCC(C)Oc1ccccc1F)NC1CCCN(c2cnn(C)c2)C1. The van der Waals surface area contributed by atoms with Crippen molar-refractivity contribution in [2.75, 3.05) is 31.1 Å². The van der Waals surface area contributed by atoms with Crippen molar-refractivity contribution >= 4 is 11.6 Å². The summed E-state index contributed by atoms with van der Waals surface area (Å²) in [6.45, 7) is 7.07. The number of para-hydroxylation sites is 1. The molecule has 0 radical (unpaired) electrons. The van der Waals surface area contributed by atoms with E-state index in [-0.39, 0.29) is 17.7 Å². The van der Waals surface area contributed by atoms with Gasteiger partial charge in [0, 0.05) is 38.9 Å². The average molecular weight is 403 g/mol. The van der Waals surface area contributed by atoms with Gasteiger partial charge in [-0.3, -0.25) is 4.68 Å². The summed E-state index contributed by atoms with van der Waals surface area (Å²) in [5.41, 5.74) is 1.15. The van der Waals surface area contributed by atoms with Gasteiger partial charge < -0.3 is 20.3 Å². The van der Waals surface area contributed by atoms with Gasteiger partial charge in [0.2, 0.25) is 0 Å². The Morgan fingerprint density at radius 2 is 2.24 bits per heavy atom. The molecule has 1 aliphatic heterocycles. The van der Waals surface area contributed by atoms with E-state index in [0.29, 0.717) is 12.6 Å². The van der Waals surface area contributed by atoms with E-state index in [4.69, 9.17) is 4.74 Å². The Bertz CT molecular complexity index is 808. The molecule has 8 heteroatoms. The van der Waals surface area contributed by atoms with Gasteiger partial charge in [-0.05, 0) is 38.8 Å². The minimum Gasteiger partial charge on any atom is -0.486 e. The van der Waals surface area contributed by atoms with E-state index >= 15 is 0 Å². The summed E-state index contributed by atoms with van der Waals surface area (Å²) in [4.78, 5) is 7.00. The lowest BCUT2D eigenvalue weighted by Crippen LogP contribution is -2.51. The number of anilines is 1. The van der Waals surface area contributed by atoms with Crippen molar-refractivity contribution in [3.63, 3.8) is 0 Å². The summed E-state index contributed by atoms with van der Waals surface area (Å²) in [6, 6.07) is 6.74. The highest BCUT2D eigenvalue weighted by molar-refractivity contribution is 5.80. The zero-order valence-corrected chi connectivity index (χ0v) is 17.4. The molecule has 2 unspecified atom stereocenters. The van der Waals surface area contributed by atoms with Gasteiger partial charge in [-0.15, -0.1) is 0 Å². The van der Waals surface area contributed by atoms with E-state index in [2.05, 4.69) is 25.6 Å². The number of piperidine rings is 1. The highest BCUT2D eigenvalue weighted by Crippen LogP contribution is 2.19. The summed E-state index contributed by atoms with van der Waals surface area (Å²) < 4.78 is 21.3. The largest absolute Gasteiger partial charge is 0.486 e. The van der Waals surface area contributed by atoms with E-state index in [1.807, 2.05) is 38.0 Å². The molecule has 2 atom stereocenters. The summed E-state index contributed by atoms with van der Waals surface area (Å²) in [7, 11) is 1.93. The van der Waals surface area contributed by atoms with E-state index in [0.717, 1.165) is 44.1 Å². The number of nitrogens with one attached hydrogen (secondary N) is 2. The fourth-order valence-electron chi connectivity index (χ4n) is 3.43. The van der Waals surface area contributed by atoms with Gasteiger partial charge in [-0.1, -0.05) is 12.1 Å².